The first kappa shape index (κ1) is 16.7. The summed E-state index contributed by atoms with van der Waals surface area (Å²) in [6.07, 6.45) is 4.62. The van der Waals surface area contributed by atoms with Crippen molar-refractivity contribution in [2.75, 3.05) is 7.11 Å². The van der Waals surface area contributed by atoms with Crippen molar-refractivity contribution in [1.29, 1.82) is 0 Å². The number of rotatable bonds is 3. The highest BCUT2D eigenvalue weighted by Crippen LogP contribution is 2.32. The van der Waals surface area contributed by atoms with Crippen molar-refractivity contribution in [3.63, 3.8) is 0 Å². The van der Waals surface area contributed by atoms with E-state index in [-0.39, 0.29) is 5.91 Å². The molecule has 0 heterocycles. The van der Waals surface area contributed by atoms with E-state index < -0.39 is 0 Å². The predicted octanol–water partition coefficient (Wildman–Crippen LogP) is 3.77. The van der Waals surface area contributed by atoms with Crippen LogP contribution < -0.4 is 15.4 Å². The van der Waals surface area contributed by atoms with Gasteiger partial charge in [0.2, 0.25) is 0 Å². The quantitative estimate of drug-likeness (QED) is 0.709. The summed E-state index contributed by atoms with van der Waals surface area (Å²) in [6.45, 7) is 0. The number of methoxy groups -OCH3 is 1. The average Bonchev–Trinajstić information content (AvgIpc) is 2.90. The summed E-state index contributed by atoms with van der Waals surface area (Å²) >= 11 is 12.0. The minimum absolute atomic E-state index is 0.288. The van der Waals surface area contributed by atoms with Crippen LogP contribution in [0.5, 0.6) is 5.75 Å². The van der Waals surface area contributed by atoms with Crippen molar-refractivity contribution in [3.8, 4) is 5.75 Å². The molecule has 0 unspecified atom stereocenters. The molecular formula is C14H16Br2N2O2S. The second-order valence-electron chi connectivity index (χ2n) is 4.88. The Morgan fingerprint density at radius 2 is 2.00 bits per heavy atom. The lowest BCUT2D eigenvalue weighted by Crippen LogP contribution is -2.43. The van der Waals surface area contributed by atoms with Gasteiger partial charge in [0.05, 0.1) is 17.1 Å². The Kier molecular flexibility index (Phi) is 6.01. The van der Waals surface area contributed by atoms with Crippen molar-refractivity contribution in [1.82, 2.24) is 10.6 Å². The Morgan fingerprint density at radius 1 is 1.33 bits per heavy atom. The molecule has 2 N–H and O–H groups in total. The number of carbonyl (C=O) groups excluding carboxylic acids is 1. The number of nitrogens with one attached hydrogen (secondary N) is 2. The Balaban J connectivity index is 2.07. The van der Waals surface area contributed by atoms with E-state index in [1.54, 1.807) is 6.07 Å². The van der Waals surface area contributed by atoms with E-state index in [2.05, 4.69) is 42.5 Å². The molecule has 1 fully saturated rings. The number of thiocarbonyl (C=S) groups is 1. The fourth-order valence-electron chi connectivity index (χ4n) is 2.40. The van der Waals surface area contributed by atoms with Crippen molar-refractivity contribution >= 4 is 55.1 Å². The SMILES string of the molecule is COc1c(Br)cc(Br)cc1C(=O)NC(=S)NC1CCCC1. The maximum absolute atomic E-state index is 12.4. The molecule has 0 aromatic heterocycles. The second kappa shape index (κ2) is 7.56. The molecule has 7 heteroatoms. The van der Waals surface area contributed by atoms with Crippen LogP contribution in [-0.2, 0) is 0 Å². The van der Waals surface area contributed by atoms with Gasteiger partial charge in [0.1, 0.15) is 5.75 Å². The number of hydrogen-bond donors (Lipinski definition) is 2. The number of hydrogen-bond acceptors (Lipinski definition) is 3. The van der Waals surface area contributed by atoms with Crippen LogP contribution in [0, 0.1) is 0 Å². The number of halogens is 2. The fourth-order valence-corrected chi connectivity index (χ4v) is 4.05. The highest BCUT2D eigenvalue weighted by molar-refractivity contribution is 9.11. The Bertz CT molecular complexity index is 560. The van der Waals surface area contributed by atoms with Gasteiger partial charge in [-0.1, -0.05) is 28.8 Å². The third kappa shape index (κ3) is 4.40. The summed E-state index contributed by atoms with van der Waals surface area (Å²) in [4.78, 5) is 12.4. The van der Waals surface area contributed by atoms with Gasteiger partial charge in [-0.25, -0.2) is 0 Å². The molecule has 0 atom stereocenters. The minimum Gasteiger partial charge on any atom is -0.495 e. The number of benzene rings is 1. The lowest BCUT2D eigenvalue weighted by molar-refractivity contribution is 0.0973. The largest absolute Gasteiger partial charge is 0.495 e. The molecule has 1 aliphatic carbocycles. The monoisotopic (exact) mass is 434 g/mol. The number of carbonyl (C=O) groups is 1. The molecule has 21 heavy (non-hydrogen) atoms. The van der Waals surface area contributed by atoms with Gasteiger partial charge in [0.25, 0.3) is 5.91 Å². The highest BCUT2D eigenvalue weighted by atomic mass is 79.9. The smallest absolute Gasteiger partial charge is 0.261 e. The van der Waals surface area contributed by atoms with Crippen LogP contribution in [0.2, 0.25) is 0 Å². The molecule has 0 radical (unpaired) electrons. The molecule has 1 aromatic carbocycles. The van der Waals surface area contributed by atoms with Crippen LogP contribution in [-0.4, -0.2) is 24.2 Å². The zero-order chi connectivity index (χ0) is 15.4. The molecule has 1 amide bonds. The van der Waals surface area contributed by atoms with Gasteiger partial charge in [0.15, 0.2) is 5.11 Å². The van der Waals surface area contributed by atoms with Crippen molar-refractivity contribution in [2.45, 2.75) is 31.7 Å². The first-order valence-electron chi connectivity index (χ1n) is 6.66. The van der Waals surface area contributed by atoms with Crippen LogP contribution in [0.3, 0.4) is 0 Å². The maximum Gasteiger partial charge on any atom is 0.261 e. The topological polar surface area (TPSA) is 50.4 Å². The Labute approximate surface area is 146 Å². The zero-order valence-corrected chi connectivity index (χ0v) is 15.5. The summed E-state index contributed by atoms with van der Waals surface area (Å²) in [5.41, 5.74) is 0.425. The zero-order valence-electron chi connectivity index (χ0n) is 11.5. The lowest BCUT2D eigenvalue weighted by Gasteiger charge is -2.16. The number of amides is 1. The number of ether oxygens (including phenoxy) is 1. The van der Waals surface area contributed by atoms with Crippen LogP contribution in [0.15, 0.2) is 21.1 Å². The van der Waals surface area contributed by atoms with Crippen molar-refractivity contribution in [3.05, 3.63) is 26.6 Å². The predicted molar refractivity (Wildman–Crippen MR) is 93.8 cm³/mol. The molecule has 1 saturated carbocycles. The third-order valence-electron chi connectivity index (χ3n) is 3.37. The molecule has 0 bridgehead atoms. The van der Waals surface area contributed by atoms with Gasteiger partial charge < -0.3 is 10.1 Å². The first-order valence-corrected chi connectivity index (χ1v) is 8.65. The van der Waals surface area contributed by atoms with Gasteiger partial charge in [-0.3, -0.25) is 10.1 Å². The second-order valence-corrected chi connectivity index (χ2v) is 7.06. The van der Waals surface area contributed by atoms with E-state index in [0.717, 1.165) is 17.3 Å². The molecular weight excluding hydrogens is 420 g/mol. The normalized spacial score (nSPS) is 14.8. The summed E-state index contributed by atoms with van der Waals surface area (Å²) in [7, 11) is 1.53. The van der Waals surface area contributed by atoms with E-state index in [1.165, 1.54) is 20.0 Å². The van der Waals surface area contributed by atoms with Crippen LogP contribution in [0.1, 0.15) is 36.0 Å². The van der Waals surface area contributed by atoms with Gasteiger partial charge in [-0.2, -0.15) is 0 Å². The molecule has 114 valence electrons. The maximum atomic E-state index is 12.4. The Morgan fingerprint density at radius 3 is 2.62 bits per heavy atom. The molecule has 1 aromatic rings. The van der Waals surface area contributed by atoms with Gasteiger partial charge in [-0.15, -0.1) is 0 Å². The molecule has 1 aliphatic rings. The lowest BCUT2D eigenvalue weighted by atomic mass is 10.2. The van der Waals surface area contributed by atoms with E-state index >= 15 is 0 Å². The average molecular weight is 436 g/mol. The van der Waals surface area contributed by atoms with Crippen molar-refractivity contribution in [2.24, 2.45) is 0 Å². The first-order chi connectivity index (χ1) is 10.0. The third-order valence-corrected chi connectivity index (χ3v) is 4.64. The van der Waals surface area contributed by atoms with Crippen LogP contribution >= 0.6 is 44.1 Å². The van der Waals surface area contributed by atoms with Gasteiger partial charge in [-0.05, 0) is 53.1 Å². The molecule has 4 nitrogen and oxygen atoms in total. The fraction of sp³-hybridized carbons (Fsp3) is 0.429. The summed E-state index contributed by atoms with van der Waals surface area (Å²) in [5, 5.41) is 6.26. The van der Waals surface area contributed by atoms with Crippen molar-refractivity contribution < 1.29 is 9.53 Å². The Hall–Kier alpha value is -0.660. The standard InChI is InChI=1S/C14H16Br2N2O2S/c1-20-12-10(6-8(15)7-11(12)16)13(19)18-14(21)17-9-4-2-3-5-9/h6-7,9H,2-5H2,1H3,(H2,17,18,19,21). The van der Waals surface area contributed by atoms with Crippen LogP contribution in [0.4, 0.5) is 0 Å². The van der Waals surface area contributed by atoms with E-state index in [9.17, 15) is 4.79 Å². The summed E-state index contributed by atoms with van der Waals surface area (Å²) in [5.74, 6) is 0.198. The highest BCUT2D eigenvalue weighted by Gasteiger charge is 2.20. The molecule has 0 saturated heterocycles. The minimum atomic E-state index is -0.288. The van der Waals surface area contributed by atoms with E-state index in [4.69, 9.17) is 17.0 Å². The van der Waals surface area contributed by atoms with E-state index in [1.807, 2.05) is 6.07 Å². The summed E-state index contributed by atoms with van der Waals surface area (Å²) in [6, 6.07) is 3.90. The molecule has 0 aliphatic heterocycles. The van der Waals surface area contributed by atoms with Crippen LogP contribution in [0.25, 0.3) is 0 Å². The van der Waals surface area contributed by atoms with Gasteiger partial charge >= 0.3 is 0 Å². The summed E-state index contributed by atoms with van der Waals surface area (Å²) < 4.78 is 6.77. The van der Waals surface area contributed by atoms with Gasteiger partial charge in [0, 0.05) is 10.5 Å². The molecule has 0 spiro atoms. The molecule has 2 rings (SSSR count). The van der Waals surface area contributed by atoms with E-state index in [0.29, 0.717) is 26.9 Å².